The Kier molecular flexibility index (Phi) is 8.97. The number of pyridine rings is 1. The summed E-state index contributed by atoms with van der Waals surface area (Å²) in [6, 6.07) is 13.6. The summed E-state index contributed by atoms with van der Waals surface area (Å²) in [5.74, 6) is 1.77. The molecule has 196 valence electrons. The number of aromatic nitrogens is 3. The van der Waals surface area contributed by atoms with Crippen LogP contribution in [0.4, 0.5) is 18.9 Å². The molecule has 5 nitrogen and oxygen atoms in total. The first-order valence-electron chi connectivity index (χ1n) is 12.3. The van der Waals surface area contributed by atoms with E-state index in [2.05, 4.69) is 25.6 Å². The number of halogens is 3. The van der Waals surface area contributed by atoms with Gasteiger partial charge in [0.15, 0.2) is 0 Å². The lowest BCUT2D eigenvalue weighted by atomic mass is 10.1. The lowest BCUT2D eigenvalue weighted by Gasteiger charge is -2.18. The molecule has 0 amide bonds. The van der Waals surface area contributed by atoms with Crippen LogP contribution in [-0.2, 0) is 19.3 Å². The second-order valence-electron chi connectivity index (χ2n) is 8.96. The summed E-state index contributed by atoms with van der Waals surface area (Å²) < 4.78 is 46.3. The molecule has 0 N–H and O–H groups in total. The van der Waals surface area contributed by atoms with Crippen LogP contribution in [0.25, 0.3) is 10.9 Å². The normalized spacial score (nSPS) is 11.7. The van der Waals surface area contributed by atoms with Gasteiger partial charge in [-0.15, -0.1) is 11.8 Å². The number of hydrogen-bond acceptors (Lipinski definition) is 5. The molecule has 0 aliphatic heterocycles. The smallest absolute Gasteiger partial charge is 0.416 e. The fraction of sp³-hybridized carbons (Fsp3) is 0.357. The molecule has 2 aromatic heterocycles. The van der Waals surface area contributed by atoms with E-state index in [-0.39, 0.29) is 0 Å². The molecule has 0 aliphatic carbocycles. The Morgan fingerprint density at radius 2 is 1.76 bits per heavy atom. The van der Waals surface area contributed by atoms with Crippen molar-refractivity contribution in [1.82, 2.24) is 14.5 Å². The average Bonchev–Trinajstić information content (AvgIpc) is 3.34. The summed E-state index contributed by atoms with van der Waals surface area (Å²) >= 11 is 1.68. The largest absolute Gasteiger partial charge is 0.497 e. The lowest BCUT2D eigenvalue weighted by molar-refractivity contribution is -0.137. The highest BCUT2D eigenvalue weighted by molar-refractivity contribution is 7.99. The molecular formula is C28H31F3N4OS. The molecule has 0 bridgehead atoms. The Morgan fingerprint density at radius 1 is 0.973 bits per heavy atom. The fourth-order valence-corrected chi connectivity index (χ4v) is 5.19. The number of rotatable bonds is 12. The molecule has 0 aliphatic rings. The third-order valence-corrected chi connectivity index (χ3v) is 7.36. The second kappa shape index (κ2) is 12.4. The molecular weight excluding hydrogens is 497 g/mol. The molecule has 0 saturated heterocycles. The predicted molar refractivity (Wildman–Crippen MR) is 143 cm³/mol. The zero-order valence-electron chi connectivity index (χ0n) is 21.0. The Bertz CT molecular complexity index is 1290. The number of fused-ring (bicyclic) bond motifs is 1. The minimum atomic E-state index is -4.36. The van der Waals surface area contributed by atoms with E-state index in [9.17, 15) is 13.2 Å². The summed E-state index contributed by atoms with van der Waals surface area (Å²) in [4.78, 5) is 11.8. The van der Waals surface area contributed by atoms with Crippen molar-refractivity contribution in [2.45, 2.75) is 49.8 Å². The Morgan fingerprint density at radius 3 is 2.51 bits per heavy atom. The van der Waals surface area contributed by atoms with Gasteiger partial charge in [0.05, 0.1) is 36.8 Å². The van der Waals surface area contributed by atoms with Crippen LogP contribution in [0, 0.1) is 0 Å². The monoisotopic (exact) mass is 528 g/mol. The topological polar surface area (TPSA) is 43.2 Å². The maximum absolute atomic E-state index is 13.0. The summed E-state index contributed by atoms with van der Waals surface area (Å²) in [7, 11) is 3.71. The number of thioether (sulfide) groups is 1. The molecule has 4 aromatic rings. The van der Waals surface area contributed by atoms with Gasteiger partial charge in [0.2, 0.25) is 0 Å². The summed E-state index contributed by atoms with van der Waals surface area (Å²) in [6.45, 7) is 1.67. The summed E-state index contributed by atoms with van der Waals surface area (Å²) in [6.07, 6.45) is 5.58. The van der Waals surface area contributed by atoms with Crippen LogP contribution >= 0.6 is 11.8 Å². The van der Waals surface area contributed by atoms with Crippen LogP contribution in [0.15, 0.2) is 72.1 Å². The van der Waals surface area contributed by atoms with Crippen LogP contribution in [0.5, 0.6) is 5.75 Å². The quantitative estimate of drug-likeness (QED) is 0.141. The van der Waals surface area contributed by atoms with Gasteiger partial charge in [-0.05, 0) is 61.1 Å². The number of benzene rings is 2. The van der Waals surface area contributed by atoms with Gasteiger partial charge in [-0.3, -0.25) is 4.98 Å². The van der Waals surface area contributed by atoms with Crippen molar-refractivity contribution in [1.29, 1.82) is 0 Å². The van der Waals surface area contributed by atoms with Gasteiger partial charge in [-0.25, -0.2) is 4.98 Å². The zero-order valence-corrected chi connectivity index (χ0v) is 21.9. The summed E-state index contributed by atoms with van der Waals surface area (Å²) in [5, 5.41) is 0.772. The highest BCUT2D eigenvalue weighted by Crippen LogP contribution is 2.34. The van der Waals surface area contributed by atoms with Crippen molar-refractivity contribution in [3.8, 4) is 5.75 Å². The standard InChI is InChI=1S/C28H31F3N4OS/c1-34(23-8-10-24(36-2)11-9-23)18-22-19-35(20-33-22)15-5-3-4-6-16-37-27-13-14-32-26-17-21(28(29,30)31)7-12-25(26)27/h7-14,17,19-20H,3-6,15-16,18H2,1-2H3. The van der Waals surface area contributed by atoms with Crippen LogP contribution < -0.4 is 9.64 Å². The molecule has 0 radical (unpaired) electrons. The fourth-order valence-electron chi connectivity index (χ4n) is 4.14. The Balaban J connectivity index is 1.16. The molecule has 0 spiro atoms. The highest BCUT2D eigenvalue weighted by atomic mass is 32.2. The molecule has 0 fully saturated rings. The van der Waals surface area contributed by atoms with Gasteiger partial charge in [-0.1, -0.05) is 18.9 Å². The highest BCUT2D eigenvalue weighted by Gasteiger charge is 2.30. The number of methoxy groups -OCH3 is 1. The van der Waals surface area contributed by atoms with Gasteiger partial charge in [0.25, 0.3) is 0 Å². The van der Waals surface area contributed by atoms with E-state index in [0.29, 0.717) is 5.52 Å². The lowest BCUT2D eigenvalue weighted by Crippen LogP contribution is -2.16. The predicted octanol–water partition coefficient (Wildman–Crippen LogP) is 7.45. The maximum Gasteiger partial charge on any atom is 0.416 e. The number of ether oxygens (including phenoxy) is 1. The van der Waals surface area contributed by atoms with Crippen molar-refractivity contribution >= 4 is 28.4 Å². The van der Waals surface area contributed by atoms with Crippen LogP contribution in [-0.4, -0.2) is 34.4 Å². The van der Waals surface area contributed by atoms with Crippen molar-refractivity contribution < 1.29 is 17.9 Å². The minimum absolute atomic E-state index is 0.384. The van der Waals surface area contributed by atoms with E-state index >= 15 is 0 Å². The van der Waals surface area contributed by atoms with Gasteiger partial charge >= 0.3 is 6.18 Å². The third kappa shape index (κ3) is 7.41. The summed E-state index contributed by atoms with van der Waals surface area (Å²) in [5.41, 5.74) is 1.86. The average molecular weight is 529 g/mol. The van der Waals surface area contributed by atoms with E-state index in [1.54, 1.807) is 25.1 Å². The van der Waals surface area contributed by atoms with Gasteiger partial charge in [-0.2, -0.15) is 13.2 Å². The van der Waals surface area contributed by atoms with E-state index in [4.69, 9.17) is 4.74 Å². The molecule has 0 saturated carbocycles. The minimum Gasteiger partial charge on any atom is -0.497 e. The van der Waals surface area contributed by atoms with E-state index in [1.165, 1.54) is 6.07 Å². The number of unbranched alkanes of at least 4 members (excludes halogenated alkanes) is 3. The number of imidazole rings is 1. The van der Waals surface area contributed by atoms with Crippen LogP contribution in [0.2, 0.25) is 0 Å². The van der Waals surface area contributed by atoms with Crippen LogP contribution in [0.3, 0.4) is 0 Å². The number of hydrogen-bond donors (Lipinski definition) is 0. The van der Waals surface area contributed by atoms with E-state index in [0.717, 1.165) is 84.1 Å². The first-order chi connectivity index (χ1) is 17.8. The first-order valence-corrected chi connectivity index (χ1v) is 13.3. The number of anilines is 1. The molecule has 2 aromatic carbocycles. The molecule has 0 atom stereocenters. The van der Waals surface area contributed by atoms with Crippen molar-refractivity contribution in [3.63, 3.8) is 0 Å². The number of nitrogens with zero attached hydrogens (tertiary/aromatic N) is 4. The van der Waals surface area contributed by atoms with Crippen molar-refractivity contribution in [3.05, 3.63) is 78.5 Å². The first kappa shape index (κ1) is 26.9. The van der Waals surface area contributed by atoms with Gasteiger partial charge in [0, 0.05) is 42.0 Å². The van der Waals surface area contributed by atoms with Gasteiger partial charge < -0.3 is 14.2 Å². The zero-order chi connectivity index (χ0) is 26.3. The van der Waals surface area contributed by atoms with E-state index < -0.39 is 11.7 Å². The molecule has 0 unspecified atom stereocenters. The van der Waals surface area contributed by atoms with Crippen LogP contribution in [0.1, 0.15) is 36.9 Å². The number of alkyl halides is 3. The second-order valence-corrected chi connectivity index (χ2v) is 10.1. The van der Waals surface area contributed by atoms with Gasteiger partial charge in [0.1, 0.15) is 5.75 Å². The molecule has 2 heterocycles. The Labute approximate surface area is 219 Å². The maximum atomic E-state index is 13.0. The van der Waals surface area contributed by atoms with Crippen molar-refractivity contribution in [2.24, 2.45) is 0 Å². The molecule has 37 heavy (non-hydrogen) atoms. The Hall–Kier alpha value is -3.20. The molecule has 4 rings (SSSR count). The molecule has 9 heteroatoms. The third-order valence-electron chi connectivity index (χ3n) is 6.20. The van der Waals surface area contributed by atoms with E-state index in [1.807, 2.05) is 43.7 Å². The number of aryl methyl sites for hydroxylation is 1. The SMILES string of the molecule is COc1ccc(N(C)Cc2cn(CCCCCCSc3ccnc4cc(C(F)(F)F)ccc34)cn2)cc1. The van der Waals surface area contributed by atoms with Crippen molar-refractivity contribution in [2.75, 3.05) is 24.8 Å².